The summed E-state index contributed by atoms with van der Waals surface area (Å²) in [7, 11) is 0. The van der Waals surface area contributed by atoms with Gasteiger partial charge in [-0.2, -0.15) is 31.4 Å². The molecule has 0 amide bonds. The molecular formula is C23H21F7N4O4. The number of hydroxylamine groups is 3. The summed E-state index contributed by atoms with van der Waals surface area (Å²) in [5.74, 6) is -0.612. The van der Waals surface area contributed by atoms with E-state index in [9.17, 15) is 40.7 Å². The quantitative estimate of drug-likeness (QED) is 0.257. The number of nitrogens with zero attached hydrogens (tertiary/aromatic N) is 2. The second-order valence-electron chi connectivity index (χ2n) is 8.81. The van der Waals surface area contributed by atoms with Gasteiger partial charge in [-0.25, -0.2) is 14.3 Å². The Labute approximate surface area is 210 Å². The third kappa shape index (κ3) is 6.06. The van der Waals surface area contributed by atoms with Crippen LogP contribution < -0.4 is 5.69 Å². The van der Waals surface area contributed by atoms with Crippen LogP contribution in [0.4, 0.5) is 30.7 Å². The van der Waals surface area contributed by atoms with Gasteiger partial charge in [-0.15, -0.1) is 0 Å². The molecule has 1 fully saturated rings. The Bertz CT molecular complexity index is 1290. The van der Waals surface area contributed by atoms with Crippen molar-refractivity contribution in [3.8, 4) is 0 Å². The summed E-state index contributed by atoms with van der Waals surface area (Å²) in [5.41, 5.74) is -3.91. The second-order valence-corrected chi connectivity index (χ2v) is 8.81. The molecule has 1 aliphatic heterocycles. The first kappa shape index (κ1) is 27.8. The number of nitrogens with one attached hydrogen (secondary N) is 2. The van der Waals surface area contributed by atoms with Crippen LogP contribution in [0.25, 0.3) is 0 Å². The second kappa shape index (κ2) is 10.1. The Balaban J connectivity index is 1.71. The van der Waals surface area contributed by atoms with Crippen molar-refractivity contribution in [3.63, 3.8) is 0 Å². The zero-order valence-electron chi connectivity index (χ0n) is 19.6. The predicted octanol–water partition coefficient (Wildman–Crippen LogP) is 4.96. The van der Waals surface area contributed by atoms with E-state index in [-0.39, 0.29) is 37.2 Å². The van der Waals surface area contributed by atoms with Crippen LogP contribution in [-0.4, -0.2) is 39.3 Å². The van der Waals surface area contributed by atoms with Gasteiger partial charge in [-0.3, -0.25) is 4.98 Å². The van der Waals surface area contributed by atoms with Gasteiger partial charge < -0.3 is 19.3 Å². The zero-order chi connectivity index (χ0) is 27.9. The third-order valence-electron chi connectivity index (χ3n) is 6.11. The number of benzene rings is 2. The average Bonchev–Trinajstić information content (AvgIpc) is 3.22. The number of ether oxygens (including phenoxy) is 2. The summed E-state index contributed by atoms with van der Waals surface area (Å²) in [4.78, 5) is 13.8. The molecule has 1 unspecified atom stereocenters. The van der Waals surface area contributed by atoms with Crippen molar-refractivity contribution in [1.82, 2.24) is 15.2 Å². The predicted molar refractivity (Wildman–Crippen MR) is 116 cm³/mol. The van der Waals surface area contributed by atoms with Gasteiger partial charge in [0.2, 0.25) is 6.29 Å². The lowest BCUT2D eigenvalue weighted by atomic mass is 10.00. The van der Waals surface area contributed by atoms with Crippen LogP contribution in [0, 0.1) is 11.0 Å². The van der Waals surface area contributed by atoms with Crippen LogP contribution in [0.1, 0.15) is 47.1 Å². The van der Waals surface area contributed by atoms with Gasteiger partial charge in [0.1, 0.15) is 18.9 Å². The molecule has 0 aliphatic carbocycles. The smallest absolute Gasteiger partial charge is 0.416 e. The van der Waals surface area contributed by atoms with Crippen LogP contribution in [0.3, 0.4) is 0 Å². The average molecular weight is 550 g/mol. The summed E-state index contributed by atoms with van der Waals surface area (Å²) in [6.45, 7) is 0.469. The van der Waals surface area contributed by atoms with E-state index < -0.39 is 63.6 Å². The highest BCUT2D eigenvalue weighted by atomic mass is 19.4. The first-order valence-corrected chi connectivity index (χ1v) is 11.2. The van der Waals surface area contributed by atoms with E-state index in [4.69, 9.17) is 9.47 Å². The van der Waals surface area contributed by atoms with Crippen LogP contribution in [-0.2, 0) is 28.4 Å². The highest BCUT2D eigenvalue weighted by Crippen LogP contribution is 2.41. The molecule has 15 heteroatoms. The molecule has 38 heavy (non-hydrogen) atoms. The highest BCUT2D eigenvalue weighted by molar-refractivity contribution is 5.34. The molecule has 3 aromatic rings. The van der Waals surface area contributed by atoms with Crippen LogP contribution >= 0.6 is 0 Å². The van der Waals surface area contributed by atoms with Gasteiger partial charge in [0.05, 0.1) is 23.8 Å². The van der Waals surface area contributed by atoms with Crippen LogP contribution in [0.15, 0.2) is 47.3 Å². The van der Waals surface area contributed by atoms with Crippen molar-refractivity contribution < 1.29 is 44.9 Å². The fraction of sp³-hybridized carbons (Fsp3) is 0.391. The number of hydrogen-bond acceptors (Lipinski definition) is 5. The molecule has 4 rings (SSSR count). The monoisotopic (exact) mass is 550 g/mol. The van der Waals surface area contributed by atoms with Gasteiger partial charge >= 0.3 is 18.0 Å². The molecule has 8 nitrogen and oxygen atoms in total. The maximum absolute atomic E-state index is 14.0. The highest BCUT2D eigenvalue weighted by Gasteiger charge is 2.45. The van der Waals surface area contributed by atoms with Gasteiger partial charge in [-0.1, -0.05) is 0 Å². The Morgan fingerprint density at radius 3 is 2.24 bits per heavy atom. The number of hydrogen-bond donors (Lipinski definition) is 2. The molecule has 1 aliphatic rings. The maximum Gasteiger partial charge on any atom is 0.416 e. The van der Waals surface area contributed by atoms with Crippen LogP contribution in [0.5, 0.6) is 0 Å². The van der Waals surface area contributed by atoms with Gasteiger partial charge in [-0.05, 0) is 55.0 Å². The Hall–Kier alpha value is -3.27. The molecule has 0 spiro atoms. The molecule has 2 heterocycles. The van der Waals surface area contributed by atoms with Crippen molar-refractivity contribution in [3.05, 3.63) is 92.1 Å². The standard InChI is InChI=1S/C23H21F7N4O4/c1-12(14-8-15(22(25,26)27)10-16(9-14)23(28,29)30)38-20-19(13-2-4-17(24)5-3-13)34(36,6-7-37-20)11-18-31-21(35)33-32-18/h2-5,8-10,12,19-20H,6-7,11H2,1H3,(H2,31,32,33,35)/t12-,19+,20-,34?/m1/s1. The number of morpholine rings is 1. The maximum atomic E-state index is 14.0. The number of halogens is 7. The first-order chi connectivity index (χ1) is 17.7. The minimum Gasteiger partial charge on any atom is -0.632 e. The van der Waals surface area contributed by atoms with Crippen molar-refractivity contribution in [1.29, 1.82) is 0 Å². The lowest BCUT2D eigenvalue weighted by Gasteiger charge is -2.53. The molecule has 1 saturated heterocycles. The fourth-order valence-corrected chi connectivity index (χ4v) is 4.28. The Morgan fingerprint density at radius 2 is 1.71 bits per heavy atom. The Morgan fingerprint density at radius 1 is 1.11 bits per heavy atom. The normalized spacial score (nSPS) is 23.4. The van der Waals surface area contributed by atoms with Crippen molar-refractivity contribution in [2.45, 2.75) is 44.3 Å². The van der Waals surface area contributed by atoms with Gasteiger partial charge in [0, 0.05) is 5.56 Å². The van der Waals surface area contributed by atoms with E-state index in [0.717, 1.165) is 12.1 Å². The largest absolute Gasteiger partial charge is 0.632 e. The molecule has 2 N–H and O–H groups in total. The van der Waals surface area contributed by atoms with E-state index >= 15 is 0 Å². The van der Waals surface area contributed by atoms with E-state index in [2.05, 4.69) is 15.2 Å². The fourth-order valence-electron chi connectivity index (χ4n) is 4.28. The van der Waals surface area contributed by atoms with Gasteiger partial charge in [0.25, 0.3) is 0 Å². The third-order valence-corrected chi connectivity index (χ3v) is 6.11. The molecule has 1 aromatic heterocycles. The number of aromatic nitrogens is 3. The minimum atomic E-state index is -5.06. The molecule has 4 atom stereocenters. The summed E-state index contributed by atoms with van der Waals surface area (Å²) >= 11 is 0. The molecule has 206 valence electrons. The molecular weight excluding hydrogens is 529 g/mol. The number of aromatic amines is 2. The van der Waals surface area contributed by atoms with E-state index in [1.165, 1.54) is 19.1 Å². The molecule has 0 radical (unpaired) electrons. The zero-order valence-corrected chi connectivity index (χ0v) is 19.6. The molecule has 0 saturated carbocycles. The number of quaternary nitrogens is 1. The summed E-state index contributed by atoms with van der Waals surface area (Å²) in [6, 6.07) is 4.53. The summed E-state index contributed by atoms with van der Waals surface area (Å²) < 4.78 is 104. The van der Waals surface area contributed by atoms with E-state index in [1.54, 1.807) is 0 Å². The van der Waals surface area contributed by atoms with E-state index in [0.29, 0.717) is 12.1 Å². The molecule has 0 bridgehead atoms. The van der Waals surface area contributed by atoms with Crippen molar-refractivity contribution in [2.75, 3.05) is 13.2 Å². The lowest BCUT2D eigenvalue weighted by molar-refractivity contribution is -0.941. The SMILES string of the molecule is C[C@@H](O[C@H]1OCC[N+]([O-])(Cc2n[nH]c(=O)[nH]2)[C@H]1c1ccc(F)cc1)c1cc(C(F)(F)F)cc(C(F)(F)F)c1. The van der Waals surface area contributed by atoms with E-state index in [1.807, 2.05) is 0 Å². The Kier molecular flexibility index (Phi) is 7.40. The minimum absolute atomic E-state index is 0.00113. The van der Waals surface area contributed by atoms with Crippen molar-refractivity contribution >= 4 is 0 Å². The van der Waals surface area contributed by atoms with Crippen LogP contribution in [0.2, 0.25) is 0 Å². The summed E-state index contributed by atoms with van der Waals surface area (Å²) in [5, 5.41) is 19.9. The molecule has 2 aromatic carbocycles. The van der Waals surface area contributed by atoms with Crippen molar-refractivity contribution in [2.24, 2.45) is 0 Å². The van der Waals surface area contributed by atoms with Gasteiger partial charge in [0.15, 0.2) is 11.9 Å². The summed E-state index contributed by atoms with van der Waals surface area (Å²) in [6.07, 6.45) is -13.0. The number of rotatable bonds is 6. The number of alkyl halides is 6. The lowest BCUT2D eigenvalue weighted by Crippen LogP contribution is -2.56. The first-order valence-electron chi connectivity index (χ1n) is 11.2. The number of H-pyrrole nitrogens is 2. The topological polar surface area (TPSA) is 103 Å².